The summed E-state index contributed by atoms with van der Waals surface area (Å²) in [6.45, 7) is -0.0478. The van der Waals surface area contributed by atoms with E-state index in [1.807, 2.05) is 0 Å². The Morgan fingerprint density at radius 2 is 0.885 bits per heavy atom. The van der Waals surface area contributed by atoms with Crippen LogP contribution in [0.1, 0.15) is 11.1 Å². The smallest absolute Gasteiger partial charge is 0.131 e. The van der Waals surface area contributed by atoms with Gasteiger partial charge in [0.15, 0.2) is 0 Å². The van der Waals surface area contributed by atoms with Crippen molar-refractivity contribution < 1.29 is 17.6 Å². The second-order valence-electron chi connectivity index (χ2n) is 5.69. The first kappa shape index (κ1) is 17.8. The van der Waals surface area contributed by atoms with Gasteiger partial charge in [0.1, 0.15) is 23.3 Å². The van der Waals surface area contributed by atoms with E-state index in [-0.39, 0.29) is 24.2 Å². The first-order chi connectivity index (χ1) is 12.5. The van der Waals surface area contributed by atoms with E-state index in [4.69, 9.17) is 0 Å². The maximum atomic E-state index is 13.7. The molecule has 3 aromatic rings. The number of rotatable bonds is 6. The summed E-state index contributed by atoms with van der Waals surface area (Å²) in [5.41, 5.74) is 1.12. The molecule has 0 aliphatic heterocycles. The number of benzene rings is 3. The van der Waals surface area contributed by atoms with Gasteiger partial charge in [-0.1, -0.05) is 18.2 Å². The van der Waals surface area contributed by atoms with Crippen molar-refractivity contribution in [1.82, 2.24) is 0 Å². The monoisotopic (exact) mass is 360 g/mol. The van der Waals surface area contributed by atoms with E-state index >= 15 is 0 Å². The van der Waals surface area contributed by atoms with Crippen molar-refractivity contribution in [3.05, 3.63) is 95.1 Å². The predicted molar refractivity (Wildman–Crippen MR) is 93.8 cm³/mol. The average molecular weight is 360 g/mol. The van der Waals surface area contributed by atoms with Gasteiger partial charge in [0, 0.05) is 35.6 Å². The Hall–Kier alpha value is -3.02. The Kier molecular flexibility index (Phi) is 5.41. The lowest BCUT2D eigenvalue weighted by Crippen LogP contribution is -2.06. The molecule has 0 spiro atoms. The van der Waals surface area contributed by atoms with Crippen LogP contribution in [-0.2, 0) is 13.1 Å². The molecule has 0 saturated heterocycles. The van der Waals surface area contributed by atoms with Crippen molar-refractivity contribution >= 4 is 11.4 Å². The molecule has 0 unspecified atom stereocenters. The molecular weight excluding hydrogens is 344 g/mol. The van der Waals surface area contributed by atoms with Gasteiger partial charge < -0.3 is 10.6 Å². The van der Waals surface area contributed by atoms with Crippen LogP contribution < -0.4 is 10.6 Å². The van der Waals surface area contributed by atoms with Crippen LogP contribution in [0.2, 0.25) is 0 Å². The van der Waals surface area contributed by atoms with Gasteiger partial charge in [-0.05, 0) is 42.5 Å². The minimum atomic E-state index is -0.623. The summed E-state index contributed by atoms with van der Waals surface area (Å²) in [6, 6.07) is 14.3. The zero-order chi connectivity index (χ0) is 18.5. The predicted octanol–water partition coefficient (Wildman–Crippen LogP) is 5.47. The molecule has 6 heteroatoms. The largest absolute Gasteiger partial charge is 0.381 e. The van der Waals surface area contributed by atoms with E-state index in [9.17, 15) is 17.6 Å². The molecule has 0 saturated carbocycles. The Morgan fingerprint density at radius 1 is 0.538 bits per heavy atom. The first-order valence-corrected chi connectivity index (χ1v) is 7.98. The molecule has 3 aromatic carbocycles. The minimum absolute atomic E-state index is 0.0239. The van der Waals surface area contributed by atoms with E-state index in [0.29, 0.717) is 11.4 Å². The summed E-state index contributed by atoms with van der Waals surface area (Å²) in [5, 5.41) is 5.87. The van der Waals surface area contributed by atoms with Crippen molar-refractivity contribution in [2.24, 2.45) is 0 Å². The lowest BCUT2D eigenvalue weighted by molar-refractivity contribution is 0.559. The second-order valence-corrected chi connectivity index (χ2v) is 5.69. The highest BCUT2D eigenvalue weighted by molar-refractivity contribution is 5.57. The summed E-state index contributed by atoms with van der Waals surface area (Å²) in [7, 11) is 0. The molecule has 0 fully saturated rings. The molecule has 0 aliphatic carbocycles. The van der Waals surface area contributed by atoms with Gasteiger partial charge in [-0.3, -0.25) is 0 Å². The number of hydrogen-bond acceptors (Lipinski definition) is 2. The van der Waals surface area contributed by atoms with Crippen LogP contribution in [0.5, 0.6) is 0 Å². The highest BCUT2D eigenvalue weighted by Crippen LogP contribution is 2.20. The Bertz CT molecular complexity index is 801. The Balaban J connectivity index is 1.67. The molecule has 26 heavy (non-hydrogen) atoms. The summed E-state index contributed by atoms with van der Waals surface area (Å²) in [6.07, 6.45) is 0. The molecule has 0 radical (unpaired) electrons. The molecule has 0 amide bonds. The van der Waals surface area contributed by atoms with Crippen LogP contribution in [0.25, 0.3) is 0 Å². The molecule has 0 atom stereocenters. The normalized spacial score (nSPS) is 10.6. The quantitative estimate of drug-likeness (QED) is 0.570. The topological polar surface area (TPSA) is 24.1 Å². The van der Waals surface area contributed by atoms with Crippen molar-refractivity contribution in [2.45, 2.75) is 13.1 Å². The van der Waals surface area contributed by atoms with Crippen molar-refractivity contribution in [2.75, 3.05) is 10.6 Å². The molecular formula is C20H16F4N2. The summed E-state index contributed by atoms with van der Waals surface area (Å²) in [5.74, 6) is -2.49. The van der Waals surface area contributed by atoms with E-state index in [1.165, 1.54) is 36.4 Å². The zero-order valence-electron chi connectivity index (χ0n) is 13.7. The average Bonchev–Trinajstić information content (AvgIpc) is 2.61. The fourth-order valence-corrected chi connectivity index (χ4v) is 2.52. The number of nitrogens with one attached hydrogen (secondary N) is 2. The molecule has 0 bridgehead atoms. The fraction of sp³-hybridized carbons (Fsp3) is 0.100. The third-order valence-corrected chi connectivity index (χ3v) is 3.92. The maximum Gasteiger partial charge on any atom is 0.131 e. The highest BCUT2D eigenvalue weighted by atomic mass is 19.1. The van der Waals surface area contributed by atoms with Gasteiger partial charge in [0.25, 0.3) is 0 Å². The van der Waals surface area contributed by atoms with Crippen LogP contribution in [0.4, 0.5) is 28.9 Å². The van der Waals surface area contributed by atoms with E-state index in [1.54, 1.807) is 24.3 Å². The third-order valence-electron chi connectivity index (χ3n) is 3.92. The van der Waals surface area contributed by atoms with Gasteiger partial charge in [0.2, 0.25) is 0 Å². The molecule has 3 rings (SSSR count). The summed E-state index contributed by atoms with van der Waals surface area (Å²) >= 11 is 0. The minimum Gasteiger partial charge on any atom is -0.381 e. The lowest BCUT2D eigenvalue weighted by atomic mass is 10.1. The van der Waals surface area contributed by atoms with Gasteiger partial charge >= 0.3 is 0 Å². The Morgan fingerprint density at radius 3 is 1.27 bits per heavy atom. The van der Waals surface area contributed by atoms with Crippen molar-refractivity contribution in [3.63, 3.8) is 0 Å². The Labute approximate surface area is 148 Å². The molecule has 0 aromatic heterocycles. The van der Waals surface area contributed by atoms with Crippen LogP contribution in [0.15, 0.2) is 60.7 Å². The highest BCUT2D eigenvalue weighted by Gasteiger charge is 2.09. The molecule has 134 valence electrons. The summed E-state index contributed by atoms with van der Waals surface area (Å²) < 4.78 is 54.6. The number of hydrogen-bond donors (Lipinski definition) is 2. The number of anilines is 2. The van der Waals surface area contributed by atoms with Crippen LogP contribution in [-0.4, -0.2) is 0 Å². The molecule has 2 N–H and O–H groups in total. The van der Waals surface area contributed by atoms with Crippen molar-refractivity contribution in [1.29, 1.82) is 0 Å². The van der Waals surface area contributed by atoms with Gasteiger partial charge in [-0.25, -0.2) is 17.6 Å². The molecule has 0 heterocycles. The van der Waals surface area contributed by atoms with Crippen LogP contribution in [0, 0.1) is 23.3 Å². The number of halogens is 4. The molecule has 2 nitrogen and oxygen atoms in total. The summed E-state index contributed by atoms with van der Waals surface area (Å²) in [4.78, 5) is 0. The standard InChI is InChI=1S/C20H16F4N2/c21-17-6-2-7-18(22)15(17)11-25-13-4-1-5-14(10-13)26-12-16-19(23)8-3-9-20(16)24/h1-10,25-26H,11-12H2. The third kappa shape index (κ3) is 4.14. The second kappa shape index (κ2) is 7.91. The lowest BCUT2D eigenvalue weighted by Gasteiger charge is -2.12. The van der Waals surface area contributed by atoms with Gasteiger partial charge in [-0.15, -0.1) is 0 Å². The van der Waals surface area contributed by atoms with E-state index < -0.39 is 23.3 Å². The molecule has 0 aliphatic rings. The first-order valence-electron chi connectivity index (χ1n) is 7.98. The van der Waals surface area contributed by atoms with E-state index in [2.05, 4.69) is 10.6 Å². The van der Waals surface area contributed by atoms with Crippen molar-refractivity contribution in [3.8, 4) is 0 Å². The van der Waals surface area contributed by atoms with Gasteiger partial charge in [0.05, 0.1) is 0 Å². The van der Waals surface area contributed by atoms with Crippen LogP contribution in [0.3, 0.4) is 0 Å². The zero-order valence-corrected chi connectivity index (χ0v) is 13.7. The van der Waals surface area contributed by atoms with Crippen LogP contribution >= 0.6 is 0 Å². The fourth-order valence-electron chi connectivity index (χ4n) is 2.52. The maximum absolute atomic E-state index is 13.7. The van der Waals surface area contributed by atoms with E-state index in [0.717, 1.165) is 0 Å². The SMILES string of the molecule is Fc1cccc(F)c1CNc1cccc(NCc2c(F)cccc2F)c1. The van der Waals surface area contributed by atoms with Gasteiger partial charge in [-0.2, -0.15) is 0 Å².